The number of hydrogen-bond donors (Lipinski definition) is 0. The molecule has 0 aliphatic carbocycles. The average molecular weight is 732 g/mol. The van der Waals surface area contributed by atoms with E-state index in [0.29, 0.717) is 6.61 Å². The van der Waals surface area contributed by atoms with Gasteiger partial charge in [-0.05, 0) is 92.5 Å². The molecule has 0 unspecified atom stereocenters. The lowest BCUT2D eigenvalue weighted by atomic mass is 9.87. The van der Waals surface area contributed by atoms with Gasteiger partial charge in [0.15, 0.2) is 0 Å². The molecule has 57 heavy (non-hydrogen) atoms. The molecule has 2 heterocycles. The summed E-state index contributed by atoms with van der Waals surface area (Å²) in [6, 6.07) is 65.0. The molecule has 3 heteroatoms. The average Bonchev–Trinajstić information content (AvgIpc) is 3.70. The van der Waals surface area contributed by atoms with E-state index in [-0.39, 0.29) is 0 Å². The van der Waals surface area contributed by atoms with Crippen molar-refractivity contribution in [1.29, 1.82) is 0 Å². The maximum absolute atomic E-state index is 6.71. The molecule has 0 fully saturated rings. The molecule has 0 spiro atoms. The molecule has 0 N–H and O–H groups in total. The van der Waals surface area contributed by atoms with Crippen LogP contribution in [0.3, 0.4) is 0 Å². The first-order chi connectivity index (χ1) is 28.3. The van der Waals surface area contributed by atoms with Crippen molar-refractivity contribution in [2.45, 2.75) is 6.42 Å². The van der Waals surface area contributed by atoms with E-state index in [0.717, 1.165) is 67.9 Å². The minimum Gasteiger partial charge on any atom is -0.487 e. The Labute approximate surface area is 331 Å². The van der Waals surface area contributed by atoms with Crippen LogP contribution in [0.4, 0.5) is 11.4 Å². The summed E-state index contributed by atoms with van der Waals surface area (Å²) in [5, 5.41) is 9.60. The summed E-state index contributed by atoms with van der Waals surface area (Å²) in [6.07, 6.45) is 7.42. The van der Waals surface area contributed by atoms with Crippen molar-refractivity contribution in [2.75, 3.05) is 11.5 Å². The van der Waals surface area contributed by atoms with Crippen LogP contribution in [0.1, 0.15) is 5.56 Å². The topological polar surface area (TPSA) is 25.6 Å². The zero-order valence-electron chi connectivity index (χ0n) is 31.2. The van der Waals surface area contributed by atoms with Gasteiger partial charge in [-0.3, -0.25) is 0 Å². The van der Waals surface area contributed by atoms with Crippen LogP contribution in [-0.2, 0) is 6.42 Å². The van der Waals surface area contributed by atoms with Crippen LogP contribution in [0.15, 0.2) is 210 Å². The van der Waals surface area contributed by atoms with Gasteiger partial charge in [-0.1, -0.05) is 158 Å². The Morgan fingerprint density at radius 3 is 1.88 bits per heavy atom. The highest BCUT2D eigenvalue weighted by Crippen LogP contribution is 2.48. The monoisotopic (exact) mass is 731 g/mol. The fourth-order valence-corrected chi connectivity index (χ4v) is 8.92. The fourth-order valence-electron chi connectivity index (χ4n) is 8.92. The first-order valence-electron chi connectivity index (χ1n) is 19.6. The number of para-hydroxylation sites is 4. The predicted octanol–water partition coefficient (Wildman–Crippen LogP) is 14.6. The molecule has 1 aromatic heterocycles. The molecular formula is C54H37NO2. The molecule has 9 aromatic carbocycles. The molecule has 0 amide bonds. The largest absolute Gasteiger partial charge is 0.487 e. The summed E-state index contributed by atoms with van der Waals surface area (Å²) >= 11 is 0. The van der Waals surface area contributed by atoms with E-state index in [9.17, 15) is 0 Å². The number of benzene rings is 9. The van der Waals surface area contributed by atoms with Gasteiger partial charge >= 0.3 is 0 Å². The number of furan rings is 1. The van der Waals surface area contributed by atoms with Crippen LogP contribution in [-0.4, -0.2) is 6.61 Å². The Balaban J connectivity index is 1.19. The van der Waals surface area contributed by atoms with Crippen molar-refractivity contribution in [1.82, 2.24) is 0 Å². The molecule has 3 nitrogen and oxygen atoms in total. The van der Waals surface area contributed by atoms with Crippen molar-refractivity contribution in [3.05, 3.63) is 211 Å². The van der Waals surface area contributed by atoms with Crippen molar-refractivity contribution < 1.29 is 9.15 Å². The Morgan fingerprint density at radius 2 is 1.04 bits per heavy atom. The van der Waals surface area contributed by atoms with Crippen LogP contribution in [0.25, 0.3) is 76.5 Å². The second-order valence-corrected chi connectivity index (χ2v) is 14.7. The smallest absolute Gasteiger partial charge is 0.136 e. The van der Waals surface area contributed by atoms with Gasteiger partial charge < -0.3 is 14.1 Å². The fraction of sp³-hybridized carbons (Fsp3) is 0.0370. The van der Waals surface area contributed by atoms with E-state index in [4.69, 9.17) is 9.15 Å². The normalized spacial score (nSPS) is 12.9. The van der Waals surface area contributed by atoms with Crippen LogP contribution < -0.4 is 9.64 Å². The predicted molar refractivity (Wildman–Crippen MR) is 239 cm³/mol. The minimum atomic E-state index is 0.385. The van der Waals surface area contributed by atoms with Gasteiger partial charge in [-0.15, -0.1) is 0 Å². The number of ether oxygens (including phenoxy) is 1. The number of fused-ring (bicyclic) bond motifs is 11. The maximum Gasteiger partial charge on any atom is 0.136 e. The quantitative estimate of drug-likeness (QED) is 0.165. The van der Waals surface area contributed by atoms with Crippen molar-refractivity contribution >= 4 is 65.6 Å². The molecule has 0 radical (unpaired) electrons. The molecule has 11 rings (SSSR count). The van der Waals surface area contributed by atoms with E-state index in [1.807, 2.05) is 6.07 Å². The summed E-state index contributed by atoms with van der Waals surface area (Å²) in [5.74, 6) is 0.909. The third-order valence-corrected chi connectivity index (χ3v) is 11.4. The Hall–Kier alpha value is -7.36. The SMILES string of the molecule is C1=CCc2ccccc2OCC(N(c2ccccc2-c2ccccc2)c2ccccc2-c2cccc3c4ccc5oc6ccccc6c5c4c4ccccc4c23)=C1. The first-order valence-corrected chi connectivity index (χ1v) is 19.6. The highest BCUT2D eigenvalue weighted by Gasteiger charge is 2.25. The molecule has 10 aromatic rings. The lowest BCUT2D eigenvalue weighted by Crippen LogP contribution is -2.23. The highest BCUT2D eigenvalue weighted by molar-refractivity contribution is 6.36. The van der Waals surface area contributed by atoms with Gasteiger partial charge in [0.25, 0.3) is 0 Å². The van der Waals surface area contributed by atoms with Crippen LogP contribution in [0, 0.1) is 0 Å². The molecule has 0 saturated heterocycles. The summed E-state index contributed by atoms with van der Waals surface area (Å²) in [7, 11) is 0. The molecule has 0 bridgehead atoms. The Morgan fingerprint density at radius 1 is 0.421 bits per heavy atom. The molecule has 270 valence electrons. The minimum absolute atomic E-state index is 0.385. The second kappa shape index (κ2) is 13.7. The number of anilines is 2. The van der Waals surface area contributed by atoms with Gasteiger partial charge in [0.2, 0.25) is 0 Å². The first kappa shape index (κ1) is 33.0. The van der Waals surface area contributed by atoms with E-state index < -0.39 is 0 Å². The number of nitrogens with zero attached hydrogens (tertiary/aromatic N) is 1. The lowest BCUT2D eigenvalue weighted by molar-refractivity contribution is 0.347. The van der Waals surface area contributed by atoms with E-state index >= 15 is 0 Å². The van der Waals surface area contributed by atoms with Crippen LogP contribution in [0.5, 0.6) is 5.75 Å². The summed E-state index contributed by atoms with van der Waals surface area (Å²) < 4.78 is 13.1. The van der Waals surface area contributed by atoms with Crippen molar-refractivity contribution in [2.24, 2.45) is 0 Å². The Kier molecular flexibility index (Phi) is 7.96. The summed E-state index contributed by atoms with van der Waals surface area (Å²) in [5.41, 5.74) is 10.8. The molecule has 0 saturated carbocycles. The summed E-state index contributed by atoms with van der Waals surface area (Å²) in [4.78, 5) is 2.42. The van der Waals surface area contributed by atoms with Gasteiger partial charge in [-0.25, -0.2) is 0 Å². The molecule has 0 atom stereocenters. The van der Waals surface area contributed by atoms with Crippen molar-refractivity contribution in [3.8, 4) is 28.0 Å². The molecule has 1 aliphatic rings. The number of allylic oxidation sites excluding steroid dienone is 3. The third kappa shape index (κ3) is 5.50. The number of rotatable bonds is 5. The lowest BCUT2D eigenvalue weighted by Gasteiger charge is -2.32. The second-order valence-electron chi connectivity index (χ2n) is 14.7. The zero-order valence-corrected chi connectivity index (χ0v) is 31.2. The van der Waals surface area contributed by atoms with Crippen LogP contribution in [0.2, 0.25) is 0 Å². The zero-order chi connectivity index (χ0) is 37.7. The highest BCUT2D eigenvalue weighted by atomic mass is 16.5. The number of hydrogen-bond acceptors (Lipinski definition) is 3. The summed E-state index contributed by atoms with van der Waals surface area (Å²) in [6.45, 7) is 0.385. The van der Waals surface area contributed by atoms with E-state index in [1.165, 1.54) is 43.4 Å². The standard InChI is InChI=1S/C54H37NO2/c1-2-17-36(18-3-1)39-22-9-12-29-47(39)55(38-21-6-4-19-37-20-5-14-31-49(37)56-35-38)48-30-13-10-23-40(48)41-27-16-28-43-45-33-34-51-54(46-26-11-15-32-50(46)57-51)53(45)44-25-8-7-24-42(44)52(41)43/h1-18,20-34H,19,35H2. The van der Waals surface area contributed by atoms with E-state index in [2.05, 4.69) is 199 Å². The van der Waals surface area contributed by atoms with Crippen LogP contribution >= 0.6 is 0 Å². The van der Waals surface area contributed by atoms with Gasteiger partial charge in [0.1, 0.15) is 23.5 Å². The maximum atomic E-state index is 6.71. The van der Waals surface area contributed by atoms with Gasteiger partial charge in [0.05, 0.1) is 17.1 Å². The molecular weight excluding hydrogens is 695 g/mol. The third-order valence-electron chi connectivity index (χ3n) is 11.4. The molecule has 1 aliphatic heterocycles. The van der Waals surface area contributed by atoms with Gasteiger partial charge in [0, 0.05) is 27.3 Å². The van der Waals surface area contributed by atoms with Crippen molar-refractivity contribution in [3.63, 3.8) is 0 Å². The van der Waals surface area contributed by atoms with Gasteiger partial charge in [-0.2, -0.15) is 0 Å². The Bertz CT molecular complexity index is 3190. The van der Waals surface area contributed by atoms with E-state index in [1.54, 1.807) is 0 Å².